The summed E-state index contributed by atoms with van der Waals surface area (Å²) in [5.74, 6) is 2.02. The summed E-state index contributed by atoms with van der Waals surface area (Å²) < 4.78 is 36.8. The number of nitrogens with zero attached hydrogens (tertiary/aromatic N) is 6. The third kappa shape index (κ3) is 14.7. The second-order valence-electron chi connectivity index (χ2n) is 18.6. The Morgan fingerprint density at radius 1 is 0.740 bits per heavy atom. The van der Waals surface area contributed by atoms with E-state index in [1.54, 1.807) is 30.6 Å². The van der Waals surface area contributed by atoms with Crippen molar-refractivity contribution in [2.24, 2.45) is 5.92 Å². The van der Waals surface area contributed by atoms with E-state index < -0.39 is 5.82 Å². The number of amides is 2. The van der Waals surface area contributed by atoms with Gasteiger partial charge in [-0.3, -0.25) is 19.4 Å². The first-order chi connectivity index (χ1) is 35.7. The van der Waals surface area contributed by atoms with Gasteiger partial charge in [-0.1, -0.05) is 54.1 Å². The molecule has 4 N–H and O–H groups in total. The van der Waals surface area contributed by atoms with Crippen molar-refractivity contribution < 1.29 is 32.9 Å². The summed E-state index contributed by atoms with van der Waals surface area (Å²) in [5, 5.41) is 14.2. The minimum atomic E-state index is -0.501. The van der Waals surface area contributed by atoms with Crippen LogP contribution >= 0.6 is 11.6 Å². The number of morpholine rings is 2. The van der Waals surface area contributed by atoms with Crippen molar-refractivity contribution in [1.82, 2.24) is 29.7 Å². The average molecular weight is 1010 g/mol. The molecule has 382 valence electrons. The van der Waals surface area contributed by atoms with Gasteiger partial charge in [0, 0.05) is 86.1 Å². The van der Waals surface area contributed by atoms with Crippen LogP contribution in [0.15, 0.2) is 110 Å². The highest BCUT2D eigenvalue weighted by molar-refractivity contribution is 6.31. The highest BCUT2D eigenvalue weighted by atomic mass is 35.5. The van der Waals surface area contributed by atoms with Crippen LogP contribution in [0.5, 0.6) is 11.5 Å². The van der Waals surface area contributed by atoms with Gasteiger partial charge in [-0.2, -0.15) is 0 Å². The lowest BCUT2D eigenvalue weighted by Crippen LogP contribution is -2.36. The zero-order chi connectivity index (χ0) is 50.4. The molecule has 0 spiro atoms. The molecule has 10 rings (SSSR count). The molecule has 4 heterocycles. The Morgan fingerprint density at radius 3 is 1.92 bits per heavy atom. The zero-order valence-corrected chi connectivity index (χ0v) is 41.8. The highest BCUT2D eigenvalue weighted by Crippen LogP contribution is 2.38. The number of ether oxygens (including phenoxy) is 4. The molecule has 6 aromatic rings. The molecular formula is C55H62ClFN10O6. The quantitative estimate of drug-likeness (QED) is 0.0599. The molecule has 1 atom stereocenters. The molecule has 4 fully saturated rings. The van der Waals surface area contributed by atoms with E-state index in [4.69, 9.17) is 30.5 Å². The fraction of sp³-hybridized carbons (Fsp3) is 0.382. The van der Waals surface area contributed by atoms with Gasteiger partial charge in [0.1, 0.15) is 41.6 Å². The number of carbonyl (C=O) groups is 2. The van der Waals surface area contributed by atoms with E-state index in [0.29, 0.717) is 83.4 Å². The van der Waals surface area contributed by atoms with Crippen molar-refractivity contribution in [2.45, 2.75) is 57.6 Å². The van der Waals surface area contributed by atoms with E-state index in [9.17, 15) is 14.0 Å². The van der Waals surface area contributed by atoms with Crippen molar-refractivity contribution in [1.29, 1.82) is 0 Å². The molecule has 1 unspecified atom stereocenters. The minimum Gasteiger partial charge on any atom is -0.491 e. The van der Waals surface area contributed by atoms with Gasteiger partial charge in [-0.05, 0) is 87.3 Å². The first-order valence-electron chi connectivity index (χ1n) is 25.2. The molecule has 16 nitrogen and oxygen atoms in total. The third-order valence-electron chi connectivity index (χ3n) is 13.1. The monoisotopic (exact) mass is 1010 g/mol. The smallest absolute Gasteiger partial charge is 0.248 e. The Morgan fingerprint density at radius 2 is 1.32 bits per heavy atom. The number of hydrogen-bond donors (Lipinski definition) is 4. The van der Waals surface area contributed by atoms with E-state index in [0.717, 1.165) is 101 Å². The Balaban J connectivity index is 0.000000180. The zero-order valence-electron chi connectivity index (χ0n) is 41.0. The number of aromatic nitrogens is 4. The Hall–Kier alpha value is -6.76. The Bertz CT molecular complexity index is 2890. The average Bonchev–Trinajstić information content (AvgIpc) is 4.10. The molecule has 4 aliphatic rings. The SMILES string of the molecule is CC(Nc1ncnc2cc(OC3CCCC3)c(NC(=O)C=CCN3CCOCC3)cc12)c1ccccc1.O=C(C=CCN1CCOCC1)Nc1cc2c(Nc3ccc(F)c(Cl)c3)ncnc2cc1OCC1CC1. The van der Waals surface area contributed by atoms with Gasteiger partial charge >= 0.3 is 0 Å². The maximum atomic E-state index is 13.6. The summed E-state index contributed by atoms with van der Waals surface area (Å²) in [6, 6.07) is 22.1. The summed E-state index contributed by atoms with van der Waals surface area (Å²) in [5.41, 5.74) is 4.31. The molecule has 0 bridgehead atoms. The Labute approximate surface area is 429 Å². The first kappa shape index (κ1) is 51.2. The minimum absolute atomic E-state index is 0.00550. The molecule has 2 aliphatic carbocycles. The number of hydrogen-bond acceptors (Lipinski definition) is 14. The van der Waals surface area contributed by atoms with Crippen LogP contribution in [-0.4, -0.2) is 120 Å². The standard InChI is InChI=1S/C29H35N5O3.C26H27ClFN5O3/c1-21(22-8-3-2-4-9-22)32-29-24-18-26(33-28(35)12-7-13-34-14-16-36-17-15-34)27(19-25(24)30-20-31-29)37-23-10-5-6-11-23;27-20-12-18(5-6-21(20)28)31-26-19-13-23(32-25(34)2-1-7-33-8-10-35-11-9-33)24(36-15-17-3-4-17)14-22(19)29-16-30-26/h2-4,7-9,12,18-21,23H,5-6,10-11,13-17H2,1H3,(H,33,35)(H,30,31,32);1-2,5-6,12-14,16-17H,3-4,7-11,15H2,(H,32,34)(H,29,30,31). The highest BCUT2D eigenvalue weighted by Gasteiger charge is 2.24. The van der Waals surface area contributed by atoms with Crippen LogP contribution in [0.4, 0.5) is 33.1 Å². The van der Waals surface area contributed by atoms with Gasteiger partial charge in [0.25, 0.3) is 0 Å². The lowest BCUT2D eigenvalue weighted by Gasteiger charge is -2.25. The number of rotatable bonds is 18. The van der Waals surface area contributed by atoms with Gasteiger partial charge in [-0.25, -0.2) is 24.3 Å². The molecule has 73 heavy (non-hydrogen) atoms. The van der Waals surface area contributed by atoms with Crippen LogP contribution in [0.3, 0.4) is 0 Å². The van der Waals surface area contributed by atoms with Crippen molar-refractivity contribution in [3.05, 3.63) is 126 Å². The summed E-state index contributed by atoms with van der Waals surface area (Å²) in [7, 11) is 0. The molecular weight excluding hydrogens is 951 g/mol. The lowest BCUT2D eigenvalue weighted by atomic mass is 10.1. The molecule has 2 saturated carbocycles. The van der Waals surface area contributed by atoms with Crippen molar-refractivity contribution >= 4 is 73.9 Å². The van der Waals surface area contributed by atoms with Crippen LogP contribution in [0.2, 0.25) is 5.02 Å². The van der Waals surface area contributed by atoms with Crippen LogP contribution < -0.4 is 30.7 Å². The largest absolute Gasteiger partial charge is 0.491 e. The van der Waals surface area contributed by atoms with Crippen LogP contribution in [0.1, 0.15) is 57.1 Å². The molecule has 18 heteroatoms. The van der Waals surface area contributed by atoms with Gasteiger partial charge in [-0.15, -0.1) is 0 Å². The van der Waals surface area contributed by atoms with E-state index >= 15 is 0 Å². The van der Waals surface area contributed by atoms with E-state index in [1.165, 1.54) is 24.5 Å². The Kier molecular flexibility index (Phi) is 17.7. The fourth-order valence-electron chi connectivity index (χ4n) is 8.75. The van der Waals surface area contributed by atoms with E-state index in [-0.39, 0.29) is 29.0 Å². The number of fused-ring (bicyclic) bond motifs is 2. The molecule has 0 radical (unpaired) electrons. The summed E-state index contributed by atoms with van der Waals surface area (Å²) in [4.78, 5) is 47.9. The topological polar surface area (TPSA) is 177 Å². The van der Waals surface area contributed by atoms with Gasteiger partial charge < -0.3 is 40.2 Å². The van der Waals surface area contributed by atoms with Crippen LogP contribution in [0, 0.1) is 11.7 Å². The molecule has 2 aliphatic heterocycles. The second-order valence-corrected chi connectivity index (χ2v) is 19.0. The predicted octanol–water partition coefficient (Wildman–Crippen LogP) is 9.73. The molecule has 2 saturated heterocycles. The maximum absolute atomic E-state index is 13.6. The summed E-state index contributed by atoms with van der Waals surface area (Å²) in [6.07, 6.45) is 16.7. The van der Waals surface area contributed by atoms with E-state index in [1.807, 2.05) is 42.5 Å². The van der Waals surface area contributed by atoms with Crippen molar-refractivity contribution in [3.63, 3.8) is 0 Å². The molecule has 4 aromatic carbocycles. The van der Waals surface area contributed by atoms with Gasteiger partial charge in [0.15, 0.2) is 0 Å². The number of carbonyl (C=O) groups excluding carboxylic acids is 2. The first-order valence-corrected chi connectivity index (χ1v) is 25.5. The lowest BCUT2D eigenvalue weighted by molar-refractivity contribution is -0.112. The van der Waals surface area contributed by atoms with Gasteiger partial charge in [0.05, 0.1) is 66.6 Å². The van der Waals surface area contributed by atoms with Crippen LogP contribution in [0.25, 0.3) is 21.8 Å². The maximum Gasteiger partial charge on any atom is 0.248 e. The van der Waals surface area contributed by atoms with Gasteiger partial charge in [0.2, 0.25) is 11.8 Å². The van der Waals surface area contributed by atoms with Crippen LogP contribution in [-0.2, 0) is 19.1 Å². The second kappa shape index (κ2) is 25.3. The molecule has 2 amide bonds. The third-order valence-corrected chi connectivity index (χ3v) is 13.4. The van der Waals surface area contributed by atoms with Crippen molar-refractivity contribution in [2.75, 3.05) is 93.6 Å². The van der Waals surface area contributed by atoms with E-state index in [2.05, 4.69) is 70.1 Å². The summed E-state index contributed by atoms with van der Waals surface area (Å²) in [6.45, 7) is 10.5. The normalized spacial score (nSPS) is 17.1. The number of anilines is 5. The summed E-state index contributed by atoms with van der Waals surface area (Å²) >= 11 is 5.93. The number of nitrogens with one attached hydrogen (secondary N) is 4. The van der Waals surface area contributed by atoms with Crippen molar-refractivity contribution in [3.8, 4) is 11.5 Å². The molecule has 2 aromatic heterocycles. The predicted molar refractivity (Wildman–Crippen MR) is 283 cm³/mol. The fourth-order valence-corrected chi connectivity index (χ4v) is 8.93. The number of benzene rings is 4. The number of halogens is 2.